The van der Waals surface area contributed by atoms with Crippen LogP contribution in [0.25, 0.3) is 6.08 Å². The molecule has 1 aromatic carbocycles. The van der Waals surface area contributed by atoms with Crippen molar-refractivity contribution in [2.24, 2.45) is 0 Å². The summed E-state index contributed by atoms with van der Waals surface area (Å²) >= 11 is 3.70. The summed E-state index contributed by atoms with van der Waals surface area (Å²) in [4.78, 5) is 0.500. The van der Waals surface area contributed by atoms with Crippen molar-refractivity contribution in [2.45, 2.75) is 42.5 Å². The van der Waals surface area contributed by atoms with Gasteiger partial charge in [-0.2, -0.15) is 0 Å². The standard InChI is InChI=1S/C15H17BrO/c1-4-10-6-5-7-11-13(10)17-15(8-12(15)16)9-14(11,2)3/h4-7,12H,1,8-9H2,2-3H3. The number of hydrogen-bond donors (Lipinski definition) is 0. The number of rotatable bonds is 1. The largest absolute Gasteiger partial charge is 0.485 e. The molecule has 90 valence electrons. The van der Waals surface area contributed by atoms with E-state index in [0.717, 1.165) is 24.2 Å². The van der Waals surface area contributed by atoms with Gasteiger partial charge in [0.25, 0.3) is 0 Å². The minimum Gasteiger partial charge on any atom is -0.485 e. The second-order valence-corrected chi connectivity index (χ2v) is 6.93. The van der Waals surface area contributed by atoms with Gasteiger partial charge < -0.3 is 4.74 Å². The number of halogens is 1. The second-order valence-electron chi connectivity index (χ2n) is 5.83. The van der Waals surface area contributed by atoms with E-state index < -0.39 is 0 Å². The fourth-order valence-electron chi connectivity index (χ4n) is 2.98. The Bertz CT molecular complexity index is 492. The molecule has 1 heterocycles. The molecule has 1 aromatic rings. The first-order valence-corrected chi connectivity index (χ1v) is 6.99. The number of para-hydroxylation sites is 1. The van der Waals surface area contributed by atoms with Crippen molar-refractivity contribution in [2.75, 3.05) is 0 Å². The minimum atomic E-state index is 0.0234. The van der Waals surface area contributed by atoms with Crippen molar-refractivity contribution in [3.8, 4) is 5.75 Å². The van der Waals surface area contributed by atoms with Crippen LogP contribution in [0.3, 0.4) is 0 Å². The van der Waals surface area contributed by atoms with Crippen LogP contribution in [0.2, 0.25) is 0 Å². The van der Waals surface area contributed by atoms with Gasteiger partial charge in [-0.1, -0.05) is 60.6 Å². The van der Waals surface area contributed by atoms with Gasteiger partial charge in [-0.15, -0.1) is 0 Å². The molecule has 3 rings (SSSR count). The molecule has 1 aliphatic heterocycles. The topological polar surface area (TPSA) is 9.23 Å². The zero-order valence-corrected chi connectivity index (χ0v) is 11.9. The van der Waals surface area contributed by atoms with Crippen LogP contribution in [0, 0.1) is 0 Å². The normalized spacial score (nSPS) is 32.8. The van der Waals surface area contributed by atoms with Gasteiger partial charge in [-0.25, -0.2) is 0 Å². The Hall–Kier alpha value is -0.760. The smallest absolute Gasteiger partial charge is 0.131 e. The molecule has 1 saturated carbocycles. The number of hydrogen-bond acceptors (Lipinski definition) is 1. The van der Waals surface area contributed by atoms with Crippen molar-refractivity contribution >= 4 is 22.0 Å². The van der Waals surface area contributed by atoms with Gasteiger partial charge in [-0.05, 0) is 11.8 Å². The van der Waals surface area contributed by atoms with Crippen molar-refractivity contribution in [1.29, 1.82) is 0 Å². The zero-order valence-electron chi connectivity index (χ0n) is 10.3. The number of benzene rings is 1. The van der Waals surface area contributed by atoms with E-state index in [-0.39, 0.29) is 11.0 Å². The van der Waals surface area contributed by atoms with Crippen LogP contribution in [0.4, 0.5) is 0 Å². The molecule has 1 fully saturated rings. The highest BCUT2D eigenvalue weighted by Gasteiger charge is 2.60. The molecule has 0 saturated heterocycles. The van der Waals surface area contributed by atoms with E-state index in [0.29, 0.717) is 4.83 Å². The number of fused-ring (bicyclic) bond motifs is 1. The van der Waals surface area contributed by atoms with Gasteiger partial charge in [0.2, 0.25) is 0 Å². The maximum Gasteiger partial charge on any atom is 0.131 e. The number of ether oxygens (including phenoxy) is 1. The molecule has 1 spiro atoms. The Morgan fingerprint density at radius 1 is 1.47 bits per heavy atom. The highest BCUT2D eigenvalue weighted by Crippen LogP contribution is 2.58. The highest BCUT2D eigenvalue weighted by molar-refractivity contribution is 9.09. The van der Waals surface area contributed by atoms with Crippen LogP contribution in [0.1, 0.15) is 37.8 Å². The summed E-state index contributed by atoms with van der Waals surface area (Å²) in [6.07, 6.45) is 4.09. The van der Waals surface area contributed by atoms with Gasteiger partial charge in [0.1, 0.15) is 11.4 Å². The van der Waals surface area contributed by atoms with Crippen LogP contribution < -0.4 is 4.74 Å². The van der Waals surface area contributed by atoms with Gasteiger partial charge in [-0.3, -0.25) is 0 Å². The molecular formula is C15H17BrO. The van der Waals surface area contributed by atoms with E-state index in [2.05, 4.69) is 54.6 Å². The summed E-state index contributed by atoms with van der Waals surface area (Å²) in [5.74, 6) is 1.04. The molecule has 17 heavy (non-hydrogen) atoms. The summed E-state index contributed by atoms with van der Waals surface area (Å²) in [5, 5.41) is 0. The quantitative estimate of drug-likeness (QED) is 0.702. The third-order valence-corrected chi connectivity index (χ3v) is 5.13. The van der Waals surface area contributed by atoms with E-state index in [1.807, 2.05) is 6.08 Å². The van der Waals surface area contributed by atoms with Crippen molar-refractivity contribution in [3.63, 3.8) is 0 Å². The molecule has 2 heteroatoms. The summed E-state index contributed by atoms with van der Waals surface area (Å²) < 4.78 is 6.28. The zero-order chi connectivity index (χ0) is 12.3. The summed E-state index contributed by atoms with van der Waals surface area (Å²) in [6.45, 7) is 8.50. The SMILES string of the molecule is C=Cc1cccc2c1OC1(CC1Br)CC2(C)C. The van der Waals surface area contributed by atoms with Crippen molar-refractivity contribution in [1.82, 2.24) is 0 Å². The van der Waals surface area contributed by atoms with E-state index in [4.69, 9.17) is 4.74 Å². The third kappa shape index (κ3) is 1.57. The fourth-order valence-corrected chi connectivity index (χ4v) is 3.78. The van der Waals surface area contributed by atoms with Crippen LogP contribution in [-0.2, 0) is 5.41 Å². The molecule has 0 amide bonds. The molecule has 0 aromatic heterocycles. The molecule has 0 radical (unpaired) electrons. The van der Waals surface area contributed by atoms with Crippen LogP contribution in [-0.4, -0.2) is 10.4 Å². The summed E-state index contributed by atoms with van der Waals surface area (Å²) in [7, 11) is 0. The highest BCUT2D eigenvalue weighted by atomic mass is 79.9. The maximum atomic E-state index is 6.28. The average molecular weight is 293 g/mol. The molecule has 2 aliphatic rings. The third-order valence-electron chi connectivity index (χ3n) is 3.98. The van der Waals surface area contributed by atoms with E-state index in [9.17, 15) is 0 Å². The lowest BCUT2D eigenvalue weighted by Crippen LogP contribution is -2.37. The van der Waals surface area contributed by atoms with E-state index in [1.165, 1.54) is 5.56 Å². The first kappa shape index (κ1) is 11.3. The first-order valence-electron chi connectivity index (χ1n) is 6.07. The summed E-state index contributed by atoms with van der Waals surface area (Å²) in [5.41, 5.74) is 2.62. The predicted octanol–water partition coefficient (Wildman–Crippen LogP) is 4.30. The molecule has 0 bridgehead atoms. The molecule has 1 nitrogen and oxygen atoms in total. The van der Waals surface area contributed by atoms with Crippen molar-refractivity contribution < 1.29 is 4.74 Å². The Balaban J connectivity index is 2.16. The molecular weight excluding hydrogens is 276 g/mol. The Kier molecular flexibility index (Phi) is 2.25. The van der Waals surface area contributed by atoms with Crippen LogP contribution in [0.15, 0.2) is 24.8 Å². The van der Waals surface area contributed by atoms with Gasteiger partial charge in [0.15, 0.2) is 0 Å². The lowest BCUT2D eigenvalue weighted by molar-refractivity contribution is 0.114. The van der Waals surface area contributed by atoms with E-state index in [1.54, 1.807) is 0 Å². The van der Waals surface area contributed by atoms with Crippen molar-refractivity contribution in [3.05, 3.63) is 35.9 Å². The van der Waals surface area contributed by atoms with Crippen LogP contribution in [0.5, 0.6) is 5.75 Å². The predicted molar refractivity (Wildman–Crippen MR) is 74.9 cm³/mol. The molecule has 0 N–H and O–H groups in total. The monoisotopic (exact) mass is 292 g/mol. The first-order chi connectivity index (χ1) is 7.98. The molecule has 1 aliphatic carbocycles. The minimum absolute atomic E-state index is 0.0234. The summed E-state index contributed by atoms with van der Waals surface area (Å²) in [6, 6.07) is 6.35. The van der Waals surface area contributed by atoms with Gasteiger partial charge in [0, 0.05) is 17.5 Å². The lowest BCUT2D eigenvalue weighted by Gasteiger charge is -2.39. The van der Waals surface area contributed by atoms with Crippen LogP contribution >= 0.6 is 15.9 Å². The lowest BCUT2D eigenvalue weighted by atomic mass is 9.76. The fraction of sp³-hybridized carbons (Fsp3) is 0.467. The second kappa shape index (κ2) is 3.38. The number of alkyl halides is 1. The molecule has 2 unspecified atom stereocenters. The Labute approximate surface area is 111 Å². The van der Waals surface area contributed by atoms with Gasteiger partial charge >= 0.3 is 0 Å². The maximum absolute atomic E-state index is 6.28. The van der Waals surface area contributed by atoms with Gasteiger partial charge in [0.05, 0.1) is 4.83 Å². The average Bonchev–Trinajstić information content (AvgIpc) is 2.85. The molecule has 2 atom stereocenters. The van der Waals surface area contributed by atoms with E-state index >= 15 is 0 Å². The Morgan fingerprint density at radius 3 is 2.76 bits per heavy atom. The Morgan fingerprint density at radius 2 is 2.18 bits per heavy atom.